The van der Waals surface area contributed by atoms with Crippen molar-refractivity contribution in [1.29, 1.82) is 0 Å². The minimum atomic E-state index is 0.748. The van der Waals surface area contributed by atoms with Gasteiger partial charge in [-0.1, -0.05) is 41.4 Å². The van der Waals surface area contributed by atoms with Crippen molar-refractivity contribution in [3.05, 3.63) is 29.8 Å². The Morgan fingerprint density at radius 1 is 1.28 bits per heavy atom. The Balaban J connectivity index is 2.44. The molecule has 0 spiro atoms. The molecule has 102 valence electrons. The van der Waals surface area contributed by atoms with Crippen LogP contribution in [-0.4, -0.2) is 30.9 Å². The van der Waals surface area contributed by atoms with Gasteiger partial charge in [-0.05, 0) is 37.1 Å². The highest BCUT2D eigenvalue weighted by Crippen LogP contribution is 2.15. The van der Waals surface area contributed by atoms with E-state index in [1.54, 1.807) is 7.11 Å². The summed E-state index contributed by atoms with van der Waals surface area (Å²) in [6, 6.07) is 8.32. The molecule has 0 aliphatic carbocycles. The summed E-state index contributed by atoms with van der Waals surface area (Å²) in [6.45, 7) is 4.39. The zero-order valence-corrected chi connectivity index (χ0v) is 13.2. The smallest absolute Gasteiger partial charge is 0.118 e. The number of methoxy groups -OCH3 is 1. The topological polar surface area (TPSA) is 12.5 Å². The van der Waals surface area contributed by atoms with Crippen LogP contribution >= 0.6 is 15.9 Å². The SMILES string of the molecule is CCCC(CBr)CN(C)Cc1ccc(OC)cc1. The fourth-order valence-corrected chi connectivity index (χ4v) is 2.70. The molecule has 1 unspecified atom stereocenters. The van der Waals surface area contributed by atoms with Crippen LogP contribution in [0, 0.1) is 5.92 Å². The van der Waals surface area contributed by atoms with Gasteiger partial charge in [-0.3, -0.25) is 0 Å². The maximum Gasteiger partial charge on any atom is 0.118 e. The minimum Gasteiger partial charge on any atom is -0.497 e. The minimum absolute atomic E-state index is 0.748. The second-order valence-electron chi connectivity index (χ2n) is 4.85. The van der Waals surface area contributed by atoms with Gasteiger partial charge in [0.2, 0.25) is 0 Å². The summed E-state index contributed by atoms with van der Waals surface area (Å²) in [5, 5.41) is 1.09. The highest BCUT2D eigenvalue weighted by Gasteiger charge is 2.09. The van der Waals surface area contributed by atoms with Crippen LogP contribution in [0.25, 0.3) is 0 Å². The van der Waals surface area contributed by atoms with E-state index in [2.05, 4.69) is 46.9 Å². The molecular weight excluding hydrogens is 290 g/mol. The first-order chi connectivity index (χ1) is 8.69. The Bertz CT molecular complexity index is 326. The molecule has 0 amide bonds. The molecule has 0 saturated heterocycles. The average molecular weight is 314 g/mol. The number of hydrogen-bond acceptors (Lipinski definition) is 2. The number of hydrogen-bond donors (Lipinski definition) is 0. The second kappa shape index (κ2) is 8.54. The maximum absolute atomic E-state index is 5.17. The summed E-state index contributed by atoms with van der Waals surface area (Å²) in [5.41, 5.74) is 1.34. The van der Waals surface area contributed by atoms with Crippen molar-refractivity contribution in [3.63, 3.8) is 0 Å². The van der Waals surface area contributed by atoms with E-state index in [-0.39, 0.29) is 0 Å². The van der Waals surface area contributed by atoms with Crippen LogP contribution in [0.1, 0.15) is 25.3 Å². The molecular formula is C15H24BrNO. The van der Waals surface area contributed by atoms with Crippen LogP contribution in [-0.2, 0) is 6.54 Å². The average Bonchev–Trinajstić information content (AvgIpc) is 2.39. The highest BCUT2D eigenvalue weighted by atomic mass is 79.9. The van der Waals surface area contributed by atoms with Crippen LogP contribution in [0.15, 0.2) is 24.3 Å². The fraction of sp³-hybridized carbons (Fsp3) is 0.600. The molecule has 0 fully saturated rings. The molecule has 2 nitrogen and oxygen atoms in total. The lowest BCUT2D eigenvalue weighted by Crippen LogP contribution is -2.26. The predicted molar refractivity (Wildman–Crippen MR) is 81.5 cm³/mol. The lowest BCUT2D eigenvalue weighted by molar-refractivity contribution is 0.273. The largest absolute Gasteiger partial charge is 0.497 e. The molecule has 0 saturated carbocycles. The third kappa shape index (κ3) is 5.40. The molecule has 0 aliphatic rings. The summed E-state index contributed by atoms with van der Waals surface area (Å²) in [6.07, 6.45) is 2.55. The summed E-state index contributed by atoms with van der Waals surface area (Å²) < 4.78 is 5.17. The number of rotatable bonds is 8. The molecule has 0 N–H and O–H groups in total. The number of ether oxygens (including phenoxy) is 1. The van der Waals surface area contributed by atoms with Gasteiger partial charge in [0.25, 0.3) is 0 Å². The number of alkyl halides is 1. The standard InChI is InChI=1S/C15H24BrNO/c1-4-5-14(10-16)12-17(2)11-13-6-8-15(18-3)9-7-13/h6-9,14H,4-5,10-12H2,1-3H3. The van der Waals surface area contributed by atoms with Gasteiger partial charge in [0, 0.05) is 18.4 Å². The van der Waals surface area contributed by atoms with Crippen molar-refractivity contribution >= 4 is 15.9 Å². The van der Waals surface area contributed by atoms with Crippen molar-refractivity contribution < 1.29 is 4.74 Å². The van der Waals surface area contributed by atoms with Gasteiger partial charge in [0.05, 0.1) is 7.11 Å². The van der Waals surface area contributed by atoms with E-state index in [0.717, 1.165) is 30.1 Å². The van der Waals surface area contributed by atoms with E-state index in [0.29, 0.717) is 0 Å². The van der Waals surface area contributed by atoms with Gasteiger partial charge >= 0.3 is 0 Å². The lowest BCUT2D eigenvalue weighted by atomic mass is 10.1. The molecule has 1 aromatic carbocycles. The third-order valence-electron chi connectivity index (χ3n) is 3.10. The fourth-order valence-electron chi connectivity index (χ4n) is 2.17. The van der Waals surface area contributed by atoms with Crippen molar-refractivity contribution in [3.8, 4) is 5.75 Å². The Hall–Kier alpha value is -0.540. The molecule has 18 heavy (non-hydrogen) atoms. The molecule has 1 atom stereocenters. The summed E-state index contributed by atoms with van der Waals surface area (Å²) in [5.74, 6) is 1.67. The first kappa shape index (κ1) is 15.5. The molecule has 0 aliphatic heterocycles. The first-order valence-electron chi connectivity index (χ1n) is 6.57. The lowest BCUT2D eigenvalue weighted by Gasteiger charge is -2.22. The van der Waals surface area contributed by atoms with Crippen molar-refractivity contribution in [2.75, 3.05) is 26.0 Å². The van der Waals surface area contributed by atoms with Gasteiger partial charge in [-0.25, -0.2) is 0 Å². The number of benzene rings is 1. The summed E-state index contributed by atoms with van der Waals surface area (Å²) in [7, 11) is 3.89. The zero-order valence-electron chi connectivity index (χ0n) is 11.7. The highest BCUT2D eigenvalue weighted by molar-refractivity contribution is 9.09. The van der Waals surface area contributed by atoms with Crippen LogP contribution in [0.5, 0.6) is 5.75 Å². The maximum atomic E-state index is 5.17. The normalized spacial score (nSPS) is 12.7. The Labute approximate surface area is 119 Å². The molecule has 0 aromatic heterocycles. The predicted octanol–water partition coefficient (Wildman–Crippen LogP) is 3.94. The quantitative estimate of drug-likeness (QED) is 0.674. The van der Waals surface area contributed by atoms with E-state index < -0.39 is 0 Å². The van der Waals surface area contributed by atoms with Crippen molar-refractivity contribution in [2.45, 2.75) is 26.3 Å². The molecule has 3 heteroatoms. The van der Waals surface area contributed by atoms with Gasteiger partial charge in [-0.15, -0.1) is 0 Å². The van der Waals surface area contributed by atoms with E-state index in [9.17, 15) is 0 Å². The van der Waals surface area contributed by atoms with Crippen LogP contribution in [0.3, 0.4) is 0 Å². The Kier molecular flexibility index (Phi) is 7.36. The first-order valence-corrected chi connectivity index (χ1v) is 7.69. The number of nitrogens with zero attached hydrogens (tertiary/aromatic N) is 1. The number of halogens is 1. The Morgan fingerprint density at radius 2 is 1.94 bits per heavy atom. The van der Waals surface area contributed by atoms with E-state index in [4.69, 9.17) is 4.74 Å². The van der Waals surface area contributed by atoms with E-state index in [1.165, 1.54) is 18.4 Å². The van der Waals surface area contributed by atoms with E-state index >= 15 is 0 Å². The summed E-state index contributed by atoms with van der Waals surface area (Å²) >= 11 is 3.61. The van der Waals surface area contributed by atoms with Gasteiger partial charge in [0.15, 0.2) is 0 Å². The molecule has 0 heterocycles. The third-order valence-corrected chi connectivity index (χ3v) is 4.01. The van der Waals surface area contributed by atoms with Crippen LogP contribution in [0.4, 0.5) is 0 Å². The van der Waals surface area contributed by atoms with Crippen molar-refractivity contribution in [2.24, 2.45) is 5.92 Å². The van der Waals surface area contributed by atoms with Gasteiger partial charge in [-0.2, -0.15) is 0 Å². The molecule has 1 aromatic rings. The molecule has 0 bridgehead atoms. The summed E-state index contributed by atoms with van der Waals surface area (Å²) in [4.78, 5) is 2.39. The second-order valence-corrected chi connectivity index (χ2v) is 5.50. The van der Waals surface area contributed by atoms with Crippen molar-refractivity contribution in [1.82, 2.24) is 4.90 Å². The van der Waals surface area contributed by atoms with Gasteiger partial charge < -0.3 is 9.64 Å². The van der Waals surface area contributed by atoms with Crippen LogP contribution in [0.2, 0.25) is 0 Å². The molecule has 1 rings (SSSR count). The molecule has 0 radical (unpaired) electrons. The monoisotopic (exact) mass is 313 g/mol. The van der Waals surface area contributed by atoms with Gasteiger partial charge in [0.1, 0.15) is 5.75 Å². The Morgan fingerprint density at radius 3 is 2.44 bits per heavy atom. The zero-order chi connectivity index (χ0) is 13.4. The van der Waals surface area contributed by atoms with Crippen LogP contribution < -0.4 is 4.74 Å². The van der Waals surface area contributed by atoms with E-state index in [1.807, 2.05) is 12.1 Å².